The van der Waals surface area contributed by atoms with Gasteiger partial charge in [0.15, 0.2) is 0 Å². The fraction of sp³-hybridized carbons (Fsp3) is 0.273. The molecule has 0 spiro atoms. The van der Waals surface area contributed by atoms with Gasteiger partial charge in [-0.05, 0) is 23.8 Å². The summed E-state index contributed by atoms with van der Waals surface area (Å²) < 4.78 is 0. The van der Waals surface area contributed by atoms with E-state index in [-0.39, 0.29) is 12.1 Å². The van der Waals surface area contributed by atoms with Crippen molar-refractivity contribution in [3.8, 4) is 11.4 Å². The second-order valence-electron chi connectivity index (χ2n) is 4.01. The van der Waals surface area contributed by atoms with Crippen molar-refractivity contribution >= 4 is 11.7 Å². The average molecular weight is 277 g/mol. The number of aromatic nitrogens is 4. The minimum absolute atomic E-state index is 0.0115. The monoisotopic (exact) mass is 277 g/mol. The summed E-state index contributed by atoms with van der Waals surface area (Å²) in [7, 11) is 0. The summed E-state index contributed by atoms with van der Waals surface area (Å²) in [5, 5.41) is 30.8. The Labute approximate surface area is 113 Å². The van der Waals surface area contributed by atoms with Gasteiger partial charge < -0.3 is 5.11 Å². The molecule has 0 unspecified atom stereocenters. The number of carboxylic acids is 1. The molecule has 1 aromatic carbocycles. The maximum atomic E-state index is 10.5. The predicted octanol–water partition coefficient (Wildman–Crippen LogP) is 1.11. The summed E-state index contributed by atoms with van der Waals surface area (Å²) in [5.74, 6) is -0.532. The smallest absolute Gasteiger partial charge is 0.303 e. The maximum Gasteiger partial charge on any atom is 0.303 e. The van der Waals surface area contributed by atoms with E-state index in [1.807, 2.05) is 0 Å². The first-order valence-electron chi connectivity index (χ1n) is 5.80. The van der Waals surface area contributed by atoms with Crippen LogP contribution in [-0.2, 0) is 11.3 Å². The Morgan fingerprint density at radius 3 is 2.65 bits per heavy atom. The van der Waals surface area contributed by atoms with Gasteiger partial charge in [-0.3, -0.25) is 14.9 Å². The van der Waals surface area contributed by atoms with Crippen LogP contribution in [0.1, 0.15) is 12.8 Å². The molecule has 0 radical (unpaired) electrons. The Hall–Kier alpha value is -2.84. The lowest BCUT2D eigenvalue weighted by Crippen LogP contribution is -2.05. The van der Waals surface area contributed by atoms with Crippen LogP contribution in [0.4, 0.5) is 5.69 Å². The first-order chi connectivity index (χ1) is 9.56. The van der Waals surface area contributed by atoms with Crippen LogP contribution >= 0.6 is 0 Å². The van der Waals surface area contributed by atoms with Gasteiger partial charge in [-0.1, -0.05) is 0 Å². The van der Waals surface area contributed by atoms with Crippen molar-refractivity contribution in [2.75, 3.05) is 0 Å². The number of hydrogen-bond acceptors (Lipinski definition) is 6. The van der Waals surface area contributed by atoms with Gasteiger partial charge >= 0.3 is 5.97 Å². The van der Waals surface area contributed by atoms with Crippen LogP contribution in [0.5, 0.6) is 0 Å². The van der Waals surface area contributed by atoms with Gasteiger partial charge in [0.1, 0.15) is 0 Å². The van der Waals surface area contributed by atoms with E-state index in [0.29, 0.717) is 24.4 Å². The summed E-state index contributed by atoms with van der Waals surface area (Å²) in [6, 6.07) is 5.80. The number of carboxylic acid groups (broad SMARTS) is 1. The van der Waals surface area contributed by atoms with Crippen molar-refractivity contribution < 1.29 is 14.8 Å². The zero-order valence-electron chi connectivity index (χ0n) is 10.3. The Morgan fingerprint density at radius 1 is 1.35 bits per heavy atom. The number of aryl methyl sites for hydroxylation is 1. The number of nitro groups is 1. The van der Waals surface area contributed by atoms with E-state index in [4.69, 9.17) is 5.11 Å². The molecule has 0 atom stereocenters. The van der Waals surface area contributed by atoms with Crippen molar-refractivity contribution in [2.24, 2.45) is 0 Å². The zero-order chi connectivity index (χ0) is 14.5. The molecular weight excluding hydrogens is 266 g/mol. The standard InChI is InChI=1S/C11H11N5O4/c17-10(18)2-1-7-15-13-11(12-14-15)8-3-5-9(6-4-8)16(19)20/h3-6H,1-2,7H2,(H,17,18). The first kappa shape index (κ1) is 13.6. The largest absolute Gasteiger partial charge is 0.481 e. The number of hydrogen-bond donors (Lipinski definition) is 1. The molecule has 1 aromatic heterocycles. The minimum atomic E-state index is -0.874. The number of nitrogens with zero attached hydrogens (tertiary/aromatic N) is 5. The predicted molar refractivity (Wildman–Crippen MR) is 66.8 cm³/mol. The number of non-ortho nitro benzene ring substituents is 1. The van der Waals surface area contributed by atoms with Crippen molar-refractivity contribution in [3.05, 3.63) is 34.4 Å². The van der Waals surface area contributed by atoms with Gasteiger partial charge in [0, 0.05) is 24.1 Å². The third-order valence-electron chi connectivity index (χ3n) is 2.54. The summed E-state index contributed by atoms with van der Waals surface area (Å²) in [6.07, 6.45) is 0.444. The van der Waals surface area contributed by atoms with Crippen molar-refractivity contribution in [2.45, 2.75) is 19.4 Å². The molecule has 1 heterocycles. The van der Waals surface area contributed by atoms with Crippen molar-refractivity contribution in [1.82, 2.24) is 20.2 Å². The SMILES string of the molecule is O=C(O)CCCn1nnc(-c2ccc([N+](=O)[O-])cc2)n1. The number of nitro benzene ring substituents is 1. The Bertz CT molecular complexity index is 622. The van der Waals surface area contributed by atoms with E-state index < -0.39 is 10.9 Å². The second kappa shape index (κ2) is 5.87. The summed E-state index contributed by atoms with van der Waals surface area (Å²) in [5.41, 5.74) is 0.600. The lowest BCUT2D eigenvalue weighted by atomic mass is 10.2. The number of rotatable bonds is 6. The van der Waals surface area contributed by atoms with Crippen molar-refractivity contribution in [1.29, 1.82) is 0 Å². The maximum absolute atomic E-state index is 10.5. The van der Waals surface area contributed by atoms with E-state index in [9.17, 15) is 14.9 Å². The Kier molecular flexibility index (Phi) is 3.99. The third kappa shape index (κ3) is 3.34. The summed E-state index contributed by atoms with van der Waals surface area (Å²) >= 11 is 0. The molecular formula is C11H11N5O4. The highest BCUT2D eigenvalue weighted by Crippen LogP contribution is 2.18. The molecule has 9 nitrogen and oxygen atoms in total. The van der Waals surface area contributed by atoms with Crippen LogP contribution in [0.2, 0.25) is 0 Å². The molecule has 0 bridgehead atoms. The number of tetrazole rings is 1. The van der Waals surface area contributed by atoms with Crippen LogP contribution < -0.4 is 0 Å². The van der Waals surface area contributed by atoms with Gasteiger partial charge in [-0.2, -0.15) is 4.80 Å². The van der Waals surface area contributed by atoms with E-state index in [0.717, 1.165) is 0 Å². The molecule has 0 aliphatic heterocycles. The van der Waals surface area contributed by atoms with Crippen LogP contribution in [0, 0.1) is 10.1 Å². The van der Waals surface area contributed by atoms with Crippen molar-refractivity contribution in [3.63, 3.8) is 0 Å². The quantitative estimate of drug-likeness (QED) is 0.619. The second-order valence-corrected chi connectivity index (χ2v) is 4.01. The normalized spacial score (nSPS) is 10.4. The topological polar surface area (TPSA) is 124 Å². The number of carbonyl (C=O) groups is 1. The molecule has 104 valence electrons. The molecule has 0 saturated heterocycles. The number of benzene rings is 1. The fourth-order valence-electron chi connectivity index (χ4n) is 1.56. The van der Waals surface area contributed by atoms with E-state index in [1.165, 1.54) is 29.1 Å². The van der Waals surface area contributed by atoms with Crippen LogP contribution in [-0.4, -0.2) is 36.2 Å². The molecule has 0 aliphatic carbocycles. The molecule has 9 heteroatoms. The average Bonchev–Trinajstić information content (AvgIpc) is 2.87. The van der Waals surface area contributed by atoms with Crippen LogP contribution in [0.3, 0.4) is 0 Å². The third-order valence-corrected chi connectivity index (χ3v) is 2.54. The van der Waals surface area contributed by atoms with Gasteiger partial charge in [0.25, 0.3) is 5.69 Å². The molecule has 0 fully saturated rings. The van der Waals surface area contributed by atoms with Crippen LogP contribution in [0.15, 0.2) is 24.3 Å². The van der Waals surface area contributed by atoms with Crippen LogP contribution in [0.25, 0.3) is 11.4 Å². The molecule has 0 aliphatic rings. The molecule has 2 aromatic rings. The Morgan fingerprint density at radius 2 is 2.05 bits per heavy atom. The Balaban J connectivity index is 2.04. The molecule has 0 saturated carbocycles. The summed E-state index contributed by atoms with van der Waals surface area (Å²) in [6.45, 7) is 0.353. The van der Waals surface area contributed by atoms with E-state index in [2.05, 4.69) is 15.4 Å². The van der Waals surface area contributed by atoms with Gasteiger partial charge in [0.05, 0.1) is 11.5 Å². The molecule has 20 heavy (non-hydrogen) atoms. The van der Waals surface area contributed by atoms with Gasteiger partial charge in [-0.25, -0.2) is 0 Å². The van der Waals surface area contributed by atoms with Gasteiger partial charge in [0.2, 0.25) is 5.82 Å². The number of aliphatic carboxylic acids is 1. The fourth-order valence-corrected chi connectivity index (χ4v) is 1.56. The lowest BCUT2D eigenvalue weighted by Gasteiger charge is -1.96. The highest BCUT2D eigenvalue weighted by Gasteiger charge is 2.09. The highest BCUT2D eigenvalue weighted by molar-refractivity contribution is 5.66. The summed E-state index contributed by atoms with van der Waals surface area (Å²) in [4.78, 5) is 21.7. The molecule has 2 rings (SSSR count). The molecule has 1 N–H and O–H groups in total. The highest BCUT2D eigenvalue weighted by atomic mass is 16.6. The van der Waals surface area contributed by atoms with Gasteiger partial charge in [-0.15, -0.1) is 10.2 Å². The zero-order valence-corrected chi connectivity index (χ0v) is 10.3. The first-order valence-corrected chi connectivity index (χ1v) is 5.80. The van der Waals surface area contributed by atoms with E-state index in [1.54, 1.807) is 0 Å². The molecule has 0 amide bonds. The minimum Gasteiger partial charge on any atom is -0.481 e. The van der Waals surface area contributed by atoms with E-state index >= 15 is 0 Å². The lowest BCUT2D eigenvalue weighted by molar-refractivity contribution is -0.384.